The van der Waals surface area contributed by atoms with Crippen LogP contribution in [0, 0.1) is 6.92 Å². The van der Waals surface area contributed by atoms with Gasteiger partial charge in [0.05, 0.1) is 6.20 Å². The Morgan fingerprint density at radius 1 is 1.47 bits per heavy atom. The lowest BCUT2D eigenvalue weighted by Gasteiger charge is -2.03. The Balaban J connectivity index is 2.04. The monoisotopic (exact) mass is 275 g/mol. The van der Waals surface area contributed by atoms with E-state index in [1.165, 1.54) is 21.9 Å². The highest BCUT2D eigenvalue weighted by atomic mass is 32.1. The average molecular weight is 275 g/mol. The van der Waals surface area contributed by atoms with Crippen molar-refractivity contribution in [1.29, 1.82) is 0 Å². The van der Waals surface area contributed by atoms with Gasteiger partial charge in [-0.1, -0.05) is 0 Å². The maximum absolute atomic E-state index is 11.3. The zero-order valence-corrected chi connectivity index (χ0v) is 10.7. The van der Waals surface area contributed by atoms with Crippen LogP contribution in [0.15, 0.2) is 29.9 Å². The first kappa shape index (κ1) is 11.7. The lowest BCUT2D eigenvalue weighted by atomic mass is 10.4. The van der Waals surface area contributed by atoms with E-state index in [9.17, 15) is 9.90 Å². The van der Waals surface area contributed by atoms with E-state index >= 15 is 0 Å². The van der Waals surface area contributed by atoms with Gasteiger partial charge < -0.3 is 9.84 Å². The molecule has 7 heteroatoms. The van der Waals surface area contributed by atoms with Crippen LogP contribution in [0.5, 0.6) is 11.6 Å². The van der Waals surface area contributed by atoms with Gasteiger partial charge in [-0.3, -0.25) is 9.38 Å². The predicted octanol–water partition coefficient (Wildman–Crippen LogP) is 2.59. The molecule has 0 bridgehead atoms. The molecule has 3 aromatic rings. The Morgan fingerprint density at radius 2 is 2.32 bits per heavy atom. The van der Waals surface area contributed by atoms with Crippen molar-refractivity contribution in [3.63, 3.8) is 0 Å². The molecule has 0 aromatic carbocycles. The summed E-state index contributed by atoms with van der Waals surface area (Å²) in [4.78, 5) is 20.1. The minimum Gasteiger partial charge on any atom is -0.476 e. The van der Waals surface area contributed by atoms with E-state index in [2.05, 4.69) is 9.97 Å². The van der Waals surface area contributed by atoms with Crippen LogP contribution in [0.1, 0.15) is 16.2 Å². The van der Waals surface area contributed by atoms with E-state index in [1.54, 1.807) is 23.7 Å². The fourth-order valence-corrected chi connectivity index (χ4v) is 2.36. The number of pyridine rings is 1. The number of hydrogen-bond acceptors (Lipinski definition) is 5. The molecular formula is C12H9N3O3S. The van der Waals surface area contributed by atoms with Crippen molar-refractivity contribution in [1.82, 2.24) is 14.4 Å². The van der Waals surface area contributed by atoms with Gasteiger partial charge in [-0.15, -0.1) is 11.3 Å². The average Bonchev–Trinajstić information content (AvgIpc) is 2.91. The van der Waals surface area contributed by atoms with Gasteiger partial charge in [-0.25, -0.2) is 4.79 Å². The normalized spacial score (nSPS) is 10.8. The number of ether oxygens (including phenoxy) is 1. The van der Waals surface area contributed by atoms with Crippen LogP contribution in [-0.2, 0) is 0 Å². The molecule has 3 heterocycles. The number of imidazole rings is 1. The van der Waals surface area contributed by atoms with Crippen LogP contribution < -0.4 is 4.74 Å². The molecule has 0 radical (unpaired) electrons. The highest BCUT2D eigenvalue weighted by molar-refractivity contribution is 7.15. The zero-order chi connectivity index (χ0) is 13.4. The van der Waals surface area contributed by atoms with Crippen molar-refractivity contribution in [3.05, 3.63) is 41.3 Å². The Labute approximate surface area is 111 Å². The molecule has 96 valence electrons. The minimum absolute atomic E-state index is 0.0109. The molecule has 6 nitrogen and oxygen atoms in total. The Kier molecular flexibility index (Phi) is 2.68. The number of hydrogen-bond donors (Lipinski definition) is 1. The number of aryl methyl sites for hydroxylation is 1. The molecule has 0 saturated heterocycles. The maximum atomic E-state index is 11.3. The van der Waals surface area contributed by atoms with Crippen molar-refractivity contribution in [2.75, 3.05) is 0 Å². The molecule has 0 unspecified atom stereocenters. The second kappa shape index (κ2) is 4.36. The van der Waals surface area contributed by atoms with E-state index in [1.807, 2.05) is 6.92 Å². The lowest BCUT2D eigenvalue weighted by Crippen LogP contribution is -2.02. The summed E-state index contributed by atoms with van der Waals surface area (Å²) in [6.45, 7) is 1.86. The minimum atomic E-state index is -1.08. The van der Waals surface area contributed by atoms with Gasteiger partial charge in [0.25, 0.3) is 5.88 Å². The molecule has 0 aliphatic heterocycles. The van der Waals surface area contributed by atoms with Crippen molar-refractivity contribution in [2.45, 2.75) is 6.92 Å². The van der Waals surface area contributed by atoms with Crippen LogP contribution in [0.4, 0.5) is 0 Å². The van der Waals surface area contributed by atoms with Crippen LogP contribution >= 0.6 is 11.3 Å². The highest BCUT2D eigenvalue weighted by Gasteiger charge is 2.21. The molecule has 0 spiro atoms. The summed E-state index contributed by atoms with van der Waals surface area (Å²) in [5, 5.41) is 11.0. The third-order valence-electron chi connectivity index (χ3n) is 2.53. The number of carboxylic acids is 1. The van der Waals surface area contributed by atoms with Crippen LogP contribution in [0.25, 0.3) is 4.96 Å². The summed E-state index contributed by atoms with van der Waals surface area (Å²) < 4.78 is 6.99. The first-order chi connectivity index (χ1) is 9.15. The second-order valence-corrected chi connectivity index (χ2v) is 4.74. The van der Waals surface area contributed by atoms with Crippen molar-refractivity contribution >= 4 is 22.3 Å². The number of aromatic carboxylic acids is 1. The summed E-state index contributed by atoms with van der Waals surface area (Å²) in [7, 11) is 0. The second-order valence-electron chi connectivity index (χ2n) is 3.86. The third kappa shape index (κ3) is 2.04. The number of fused-ring (bicyclic) bond motifs is 1. The summed E-state index contributed by atoms with van der Waals surface area (Å²) in [6.07, 6.45) is 3.19. The molecule has 0 saturated carbocycles. The van der Waals surface area contributed by atoms with Gasteiger partial charge in [0.2, 0.25) is 0 Å². The van der Waals surface area contributed by atoms with E-state index in [0.29, 0.717) is 10.7 Å². The van der Waals surface area contributed by atoms with Gasteiger partial charge >= 0.3 is 5.97 Å². The van der Waals surface area contributed by atoms with Gasteiger partial charge in [0.1, 0.15) is 5.75 Å². The van der Waals surface area contributed by atoms with Gasteiger partial charge in [0, 0.05) is 17.3 Å². The lowest BCUT2D eigenvalue weighted by molar-refractivity contribution is 0.0686. The fourth-order valence-electron chi connectivity index (χ4n) is 1.66. The third-order valence-corrected chi connectivity index (χ3v) is 3.29. The van der Waals surface area contributed by atoms with E-state index < -0.39 is 5.97 Å². The molecule has 3 rings (SSSR count). The zero-order valence-electron chi connectivity index (χ0n) is 9.90. The summed E-state index contributed by atoms with van der Waals surface area (Å²) in [5.74, 6) is -0.551. The summed E-state index contributed by atoms with van der Waals surface area (Å²) in [6, 6.07) is 3.51. The number of carbonyl (C=O) groups is 1. The number of thiazole rings is 1. The van der Waals surface area contributed by atoms with Gasteiger partial charge in [-0.05, 0) is 19.1 Å². The standard InChI is InChI=1S/C12H9N3O3S/c1-7-2-3-8(6-13-7)18-10-9(11(16)17)15-4-5-19-12(15)14-10/h2-6H,1H3,(H,16,17). The Bertz CT molecular complexity index is 745. The Morgan fingerprint density at radius 3 is 3.00 bits per heavy atom. The smallest absolute Gasteiger partial charge is 0.358 e. The van der Waals surface area contributed by atoms with Crippen LogP contribution in [0.3, 0.4) is 0 Å². The molecule has 19 heavy (non-hydrogen) atoms. The van der Waals surface area contributed by atoms with Crippen molar-refractivity contribution < 1.29 is 14.6 Å². The molecule has 0 amide bonds. The first-order valence-electron chi connectivity index (χ1n) is 5.44. The molecule has 0 fully saturated rings. The highest BCUT2D eigenvalue weighted by Crippen LogP contribution is 2.27. The number of nitrogens with zero attached hydrogens (tertiary/aromatic N) is 3. The predicted molar refractivity (Wildman–Crippen MR) is 69.1 cm³/mol. The molecule has 0 atom stereocenters. The Hall–Kier alpha value is -2.41. The van der Waals surface area contributed by atoms with Crippen molar-refractivity contribution in [2.24, 2.45) is 0 Å². The van der Waals surface area contributed by atoms with Crippen molar-refractivity contribution in [3.8, 4) is 11.6 Å². The maximum Gasteiger partial charge on any atom is 0.358 e. The number of aromatic nitrogens is 3. The molecular weight excluding hydrogens is 266 g/mol. The van der Waals surface area contributed by atoms with Gasteiger partial charge in [-0.2, -0.15) is 4.98 Å². The van der Waals surface area contributed by atoms with Gasteiger partial charge in [0.15, 0.2) is 10.7 Å². The van der Waals surface area contributed by atoms with E-state index in [0.717, 1.165) is 5.69 Å². The van der Waals surface area contributed by atoms with E-state index in [-0.39, 0.29) is 11.6 Å². The number of rotatable bonds is 3. The topological polar surface area (TPSA) is 76.7 Å². The quantitative estimate of drug-likeness (QED) is 0.795. The fraction of sp³-hybridized carbons (Fsp3) is 0.0833. The first-order valence-corrected chi connectivity index (χ1v) is 6.32. The summed E-state index contributed by atoms with van der Waals surface area (Å²) in [5.41, 5.74) is 0.869. The largest absolute Gasteiger partial charge is 0.476 e. The molecule has 0 aliphatic rings. The SMILES string of the molecule is Cc1ccc(Oc2nc3sccn3c2C(=O)O)cn1. The number of carboxylic acid groups (broad SMARTS) is 1. The molecule has 1 N–H and O–H groups in total. The molecule has 3 aromatic heterocycles. The summed E-state index contributed by atoms with van der Waals surface area (Å²) >= 11 is 1.35. The molecule has 0 aliphatic carbocycles. The van der Waals surface area contributed by atoms with Crippen LogP contribution in [-0.4, -0.2) is 25.4 Å². The van der Waals surface area contributed by atoms with Crippen LogP contribution in [0.2, 0.25) is 0 Å². The van der Waals surface area contributed by atoms with E-state index in [4.69, 9.17) is 4.74 Å².